The normalized spacial score (nSPS) is 40.2. The smallest absolute Gasteiger partial charge is 0.303 e. The van der Waals surface area contributed by atoms with Gasteiger partial charge in [-0.3, -0.25) is 19.2 Å². The van der Waals surface area contributed by atoms with Gasteiger partial charge in [0.2, 0.25) is 0 Å². The van der Waals surface area contributed by atoms with Crippen LogP contribution in [0.5, 0.6) is 0 Å². The molecule has 1 aromatic carbocycles. The van der Waals surface area contributed by atoms with Gasteiger partial charge in [-0.25, -0.2) is 0 Å². The summed E-state index contributed by atoms with van der Waals surface area (Å²) in [5.74, 6) is -3.45. The first kappa shape index (κ1) is 34.1. The highest BCUT2D eigenvalue weighted by molar-refractivity contribution is 5.68. The number of hydrogen-bond acceptors (Lipinski definition) is 10. The van der Waals surface area contributed by atoms with Crippen molar-refractivity contribution in [1.29, 1.82) is 0 Å². The summed E-state index contributed by atoms with van der Waals surface area (Å²) in [6.45, 7) is 13.5. The third-order valence-corrected chi connectivity index (χ3v) is 11.9. The number of aliphatic hydroxyl groups is 1. The molecule has 0 spiro atoms. The summed E-state index contributed by atoms with van der Waals surface area (Å²) in [7, 11) is 0. The second kappa shape index (κ2) is 12.1. The predicted octanol–water partition coefficient (Wildman–Crippen LogP) is 4.35. The van der Waals surface area contributed by atoms with Crippen molar-refractivity contribution in [3.05, 3.63) is 47.5 Å². The fourth-order valence-corrected chi connectivity index (χ4v) is 10.3. The molecule has 0 aromatic heterocycles. The Morgan fingerprint density at radius 2 is 1.57 bits per heavy atom. The van der Waals surface area contributed by atoms with Gasteiger partial charge in [-0.2, -0.15) is 0 Å². The largest absolute Gasteiger partial charge is 0.462 e. The molecule has 0 amide bonds. The minimum Gasteiger partial charge on any atom is -0.462 e. The lowest BCUT2D eigenvalue weighted by atomic mass is 9.36. The van der Waals surface area contributed by atoms with Crippen molar-refractivity contribution in [3.63, 3.8) is 0 Å². The zero-order valence-electron chi connectivity index (χ0n) is 28.2. The highest BCUT2D eigenvalue weighted by atomic mass is 16.6. The van der Waals surface area contributed by atoms with Gasteiger partial charge in [-0.15, -0.1) is 0 Å². The zero-order chi connectivity index (χ0) is 33.8. The van der Waals surface area contributed by atoms with E-state index in [0.717, 1.165) is 5.56 Å². The van der Waals surface area contributed by atoms with Crippen molar-refractivity contribution in [3.8, 4) is 0 Å². The van der Waals surface area contributed by atoms with E-state index in [1.807, 2.05) is 50.3 Å². The quantitative estimate of drug-likeness (QED) is 0.260. The molecular formula is C36H48O10. The maximum absolute atomic E-state index is 13.0. The van der Waals surface area contributed by atoms with Crippen molar-refractivity contribution >= 4 is 23.9 Å². The minimum atomic E-state index is -1.32. The molecule has 0 bridgehead atoms. The molecular weight excluding hydrogens is 592 g/mol. The molecule has 1 aliphatic heterocycles. The van der Waals surface area contributed by atoms with Crippen LogP contribution in [0.1, 0.15) is 73.8 Å². The number of fused-ring (bicyclic) bond motifs is 5. The van der Waals surface area contributed by atoms with Gasteiger partial charge >= 0.3 is 23.9 Å². The van der Waals surface area contributed by atoms with Gasteiger partial charge < -0.3 is 28.8 Å². The van der Waals surface area contributed by atoms with Crippen LogP contribution in [0.15, 0.2) is 42.0 Å². The number of carbonyl (C=O) groups excluding carboxylic acids is 4. The Labute approximate surface area is 271 Å². The standard InChI is InChI=1S/C36H48O10/c1-20-16-29(44-23(4)38)34(8)27(36(20,41)17-26-12-10-9-11-13-26)14-15-33(7)28-18-42-19-35(28,21(2)43-22(3)37)32(46-25(6)40)30(31(33)34)45-24(5)39/h9-13,16,21,27-32,41H,14-15,17-19H2,1-8H3/t21?,27-,28+,29-,30?,31?,32+,33+,34-,35-,36+/m1/s1. The van der Waals surface area contributed by atoms with E-state index in [-0.39, 0.29) is 12.5 Å². The van der Waals surface area contributed by atoms with Crippen LogP contribution in [0.2, 0.25) is 0 Å². The average molecular weight is 641 g/mol. The van der Waals surface area contributed by atoms with Crippen molar-refractivity contribution in [2.75, 3.05) is 13.2 Å². The van der Waals surface area contributed by atoms with Crippen LogP contribution in [0.4, 0.5) is 0 Å². The van der Waals surface area contributed by atoms with E-state index in [1.165, 1.54) is 27.7 Å². The van der Waals surface area contributed by atoms with Gasteiger partial charge in [0.05, 0.1) is 24.2 Å². The van der Waals surface area contributed by atoms with Gasteiger partial charge in [0.1, 0.15) is 18.3 Å². The van der Waals surface area contributed by atoms with Gasteiger partial charge in [0.25, 0.3) is 0 Å². The fourth-order valence-electron chi connectivity index (χ4n) is 10.3. The molecule has 1 heterocycles. The second-order valence-corrected chi connectivity index (χ2v) is 14.4. The van der Waals surface area contributed by atoms with Gasteiger partial charge in [-0.1, -0.05) is 44.2 Å². The van der Waals surface area contributed by atoms with Crippen LogP contribution < -0.4 is 0 Å². The van der Waals surface area contributed by atoms with E-state index in [2.05, 4.69) is 6.92 Å². The topological polar surface area (TPSA) is 135 Å². The van der Waals surface area contributed by atoms with Crippen LogP contribution in [-0.4, -0.2) is 72.2 Å². The van der Waals surface area contributed by atoms with Gasteiger partial charge in [-0.05, 0) is 49.3 Å². The highest BCUT2D eigenvalue weighted by Gasteiger charge is 2.77. The average Bonchev–Trinajstić information content (AvgIpc) is 3.41. The Balaban J connectivity index is 1.77. The van der Waals surface area contributed by atoms with Crippen molar-refractivity contribution in [1.82, 2.24) is 0 Å². The molecule has 1 saturated heterocycles. The number of ether oxygens (including phenoxy) is 5. The molecule has 1 N–H and O–H groups in total. The Bertz CT molecular complexity index is 1410. The monoisotopic (exact) mass is 640 g/mol. The minimum absolute atomic E-state index is 0.120. The molecule has 1 aromatic rings. The van der Waals surface area contributed by atoms with E-state index in [1.54, 1.807) is 6.92 Å². The van der Waals surface area contributed by atoms with Crippen molar-refractivity contribution in [2.24, 2.45) is 34.0 Å². The summed E-state index contributed by atoms with van der Waals surface area (Å²) in [6, 6.07) is 9.76. The number of hydrogen-bond donors (Lipinski definition) is 1. The van der Waals surface area contributed by atoms with Gasteiger partial charge in [0, 0.05) is 57.3 Å². The number of esters is 4. The Morgan fingerprint density at radius 1 is 0.935 bits per heavy atom. The summed E-state index contributed by atoms with van der Waals surface area (Å²) >= 11 is 0. The molecule has 46 heavy (non-hydrogen) atoms. The fraction of sp³-hybridized carbons (Fsp3) is 0.667. The SMILES string of the molecule is CC(=O)OC1C2[C@]3(C)[C@@H](CC[C@@]2(C)[C@@H]2COC[C@]2(C(C)OC(C)=O)[C@H]1OC(C)=O)[C@](O)(Cc1ccccc1)C(C)=C[C@H]3OC(C)=O. The summed E-state index contributed by atoms with van der Waals surface area (Å²) in [5.41, 5.74) is -2.36. The Kier molecular flexibility index (Phi) is 8.96. The molecule has 3 fully saturated rings. The maximum atomic E-state index is 13.0. The predicted molar refractivity (Wildman–Crippen MR) is 166 cm³/mol. The zero-order valence-corrected chi connectivity index (χ0v) is 28.2. The summed E-state index contributed by atoms with van der Waals surface area (Å²) in [6.07, 6.45) is -0.302. The lowest BCUT2D eigenvalue weighted by Crippen LogP contribution is -2.76. The molecule has 4 aliphatic rings. The lowest BCUT2D eigenvalue weighted by Gasteiger charge is -2.70. The molecule has 2 saturated carbocycles. The van der Waals surface area contributed by atoms with E-state index in [0.29, 0.717) is 31.4 Å². The van der Waals surface area contributed by atoms with Crippen molar-refractivity contribution in [2.45, 2.75) is 105 Å². The molecule has 3 unspecified atom stereocenters. The van der Waals surface area contributed by atoms with Crippen molar-refractivity contribution < 1.29 is 48.0 Å². The molecule has 0 radical (unpaired) electrons. The number of benzene rings is 1. The lowest BCUT2D eigenvalue weighted by molar-refractivity contribution is -0.296. The molecule has 3 aliphatic carbocycles. The molecule has 5 rings (SSSR count). The van der Waals surface area contributed by atoms with E-state index in [4.69, 9.17) is 23.7 Å². The Morgan fingerprint density at radius 3 is 2.15 bits per heavy atom. The van der Waals surface area contributed by atoms with E-state index in [9.17, 15) is 24.3 Å². The third kappa shape index (κ3) is 5.25. The van der Waals surface area contributed by atoms with Gasteiger partial charge in [0.15, 0.2) is 6.10 Å². The van der Waals surface area contributed by atoms with E-state index >= 15 is 0 Å². The number of carbonyl (C=O) groups is 4. The first-order valence-corrected chi connectivity index (χ1v) is 16.2. The first-order chi connectivity index (χ1) is 21.5. The molecule has 10 heteroatoms. The van der Waals surface area contributed by atoms with Crippen LogP contribution in [0.25, 0.3) is 0 Å². The van der Waals surface area contributed by atoms with Crippen LogP contribution in [0, 0.1) is 34.0 Å². The van der Waals surface area contributed by atoms with Crippen LogP contribution in [0.3, 0.4) is 0 Å². The van der Waals surface area contributed by atoms with E-state index < -0.39 is 82.0 Å². The second-order valence-electron chi connectivity index (χ2n) is 14.4. The number of rotatable bonds is 7. The molecule has 252 valence electrons. The third-order valence-electron chi connectivity index (χ3n) is 11.9. The summed E-state index contributed by atoms with van der Waals surface area (Å²) < 4.78 is 30.5. The first-order valence-electron chi connectivity index (χ1n) is 16.2. The molecule has 11 atom stereocenters. The summed E-state index contributed by atoms with van der Waals surface area (Å²) in [5, 5.41) is 12.8. The maximum Gasteiger partial charge on any atom is 0.303 e. The summed E-state index contributed by atoms with van der Waals surface area (Å²) in [4.78, 5) is 50.9. The van der Waals surface area contributed by atoms with Crippen LogP contribution >= 0.6 is 0 Å². The molecule has 10 nitrogen and oxygen atoms in total. The Hall–Kier alpha value is -3.24. The highest BCUT2D eigenvalue weighted by Crippen LogP contribution is 2.72. The van der Waals surface area contributed by atoms with Crippen LogP contribution in [-0.2, 0) is 49.3 Å².